The molecule has 0 radical (unpaired) electrons. The number of hydrogen-bond acceptors (Lipinski definition) is 6. The summed E-state index contributed by atoms with van der Waals surface area (Å²) < 4.78 is 27.1. The van der Waals surface area contributed by atoms with Crippen LogP contribution in [0.4, 0.5) is 25.8 Å². The van der Waals surface area contributed by atoms with E-state index in [4.69, 9.17) is 0 Å². The number of alkyl halides is 2. The number of piperidine rings is 2. The summed E-state index contributed by atoms with van der Waals surface area (Å²) in [6.45, 7) is 12.0. The Morgan fingerprint density at radius 1 is 1.27 bits per heavy atom. The Labute approximate surface area is 194 Å². The van der Waals surface area contributed by atoms with Crippen molar-refractivity contribution in [3.05, 3.63) is 17.7 Å². The van der Waals surface area contributed by atoms with Gasteiger partial charge in [-0.2, -0.15) is 0 Å². The van der Waals surface area contributed by atoms with E-state index in [1.165, 1.54) is 12.3 Å². The maximum atomic E-state index is 13.5. The first-order valence-electron chi connectivity index (χ1n) is 11.6. The summed E-state index contributed by atoms with van der Waals surface area (Å²) in [7, 11) is 0. The zero-order valence-corrected chi connectivity index (χ0v) is 19.7. The summed E-state index contributed by atoms with van der Waals surface area (Å²) in [6, 6.07) is 2.70. The minimum atomic E-state index is -2.66. The zero-order chi connectivity index (χ0) is 24.1. The highest BCUT2D eigenvalue weighted by Crippen LogP contribution is 2.44. The fraction of sp³-hybridized carbons (Fsp3) is 0.625. The number of benzene rings is 1. The second-order valence-electron chi connectivity index (χ2n) is 9.11. The average molecular weight is 464 g/mol. The van der Waals surface area contributed by atoms with Crippen LogP contribution in [-0.4, -0.2) is 73.2 Å². The highest BCUT2D eigenvalue weighted by molar-refractivity contribution is 5.85. The maximum absolute atomic E-state index is 13.5. The van der Waals surface area contributed by atoms with E-state index < -0.39 is 6.43 Å². The molecule has 2 saturated heterocycles. The molecule has 1 aromatic rings. The Kier molecular flexibility index (Phi) is 8.53. The van der Waals surface area contributed by atoms with Crippen LogP contribution in [0, 0.1) is 5.92 Å². The lowest BCUT2D eigenvalue weighted by Gasteiger charge is -2.40. The van der Waals surface area contributed by atoms with Gasteiger partial charge in [0.15, 0.2) is 0 Å². The Morgan fingerprint density at radius 3 is 2.58 bits per heavy atom. The SMILES string of the molecule is C=Nc1c(N2C[C@@H](C)C[C@@H](NC(=O)C(C)N3CCC(O)CC3)C2)ccc(C(F)F)c1/N=C\C. The van der Waals surface area contributed by atoms with Crippen LogP contribution in [0.5, 0.6) is 0 Å². The quantitative estimate of drug-likeness (QED) is 0.602. The van der Waals surface area contributed by atoms with E-state index in [9.17, 15) is 18.7 Å². The van der Waals surface area contributed by atoms with Crippen molar-refractivity contribution in [2.45, 2.75) is 64.6 Å². The fourth-order valence-corrected chi connectivity index (χ4v) is 4.85. The molecule has 1 amide bonds. The Morgan fingerprint density at radius 2 is 1.97 bits per heavy atom. The van der Waals surface area contributed by atoms with E-state index in [1.54, 1.807) is 13.0 Å². The Bertz CT molecular complexity index is 871. The number of nitrogens with zero attached hydrogens (tertiary/aromatic N) is 4. The van der Waals surface area contributed by atoms with E-state index in [-0.39, 0.29) is 41.3 Å². The molecule has 182 valence electrons. The number of anilines is 1. The van der Waals surface area contributed by atoms with E-state index in [2.05, 4.69) is 38.7 Å². The van der Waals surface area contributed by atoms with E-state index >= 15 is 0 Å². The van der Waals surface area contributed by atoms with Gasteiger partial charge in [0.2, 0.25) is 5.91 Å². The molecule has 1 unspecified atom stereocenters. The lowest BCUT2D eigenvalue weighted by atomic mass is 9.94. The number of aliphatic imine (C=N–C) groups is 2. The Hall–Kier alpha value is -2.39. The minimum Gasteiger partial charge on any atom is -0.393 e. The molecule has 0 aliphatic carbocycles. The number of aliphatic hydroxyl groups is 1. The van der Waals surface area contributed by atoms with Gasteiger partial charge in [-0.05, 0) is 57.9 Å². The molecule has 3 atom stereocenters. The van der Waals surface area contributed by atoms with Crippen molar-refractivity contribution < 1.29 is 18.7 Å². The molecule has 0 saturated carbocycles. The van der Waals surface area contributed by atoms with Gasteiger partial charge >= 0.3 is 0 Å². The number of carbonyl (C=O) groups excluding carboxylic acids is 1. The van der Waals surface area contributed by atoms with Crippen molar-refractivity contribution in [3.8, 4) is 0 Å². The molecule has 2 aliphatic rings. The monoisotopic (exact) mass is 463 g/mol. The number of aliphatic hydroxyl groups excluding tert-OH is 1. The topological polar surface area (TPSA) is 80.5 Å². The van der Waals surface area contributed by atoms with Crippen molar-refractivity contribution >= 4 is 35.9 Å². The van der Waals surface area contributed by atoms with Crippen molar-refractivity contribution in [3.63, 3.8) is 0 Å². The van der Waals surface area contributed by atoms with Crippen molar-refractivity contribution in [1.29, 1.82) is 0 Å². The highest BCUT2D eigenvalue weighted by atomic mass is 19.3. The van der Waals surface area contributed by atoms with Gasteiger partial charge in [0.25, 0.3) is 6.43 Å². The number of nitrogens with one attached hydrogen (secondary N) is 1. The molecular weight excluding hydrogens is 428 g/mol. The summed E-state index contributed by atoms with van der Waals surface area (Å²) in [5.74, 6) is 0.256. The van der Waals surface area contributed by atoms with Crippen LogP contribution in [0.3, 0.4) is 0 Å². The van der Waals surface area contributed by atoms with Gasteiger partial charge in [0.1, 0.15) is 5.69 Å². The largest absolute Gasteiger partial charge is 0.393 e. The molecule has 3 rings (SSSR count). The molecule has 0 bridgehead atoms. The molecule has 1 aromatic carbocycles. The number of rotatable bonds is 7. The molecule has 7 nitrogen and oxygen atoms in total. The second-order valence-corrected chi connectivity index (χ2v) is 9.11. The molecule has 33 heavy (non-hydrogen) atoms. The summed E-state index contributed by atoms with van der Waals surface area (Å²) in [5.41, 5.74) is 0.999. The van der Waals surface area contributed by atoms with Crippen LogP contribution in [0.25, 0.3) is 0 Å². The summed E-state index contributed by atoms with van der Waals surface area (Å²) in [4.78, 5) is 25.4. The molecule has 0 spiro atoms. The molecular formula is C24H35F2N5O2. The average Bonchev–Trinajstić information content (AvgIpc) is 2.78. The summed E-state index contributed by atoms with van der Waals surface area (Å²) in [6.07, 6.45) is 0.723. The van der Waals surface area contributed by atoms with Gasteiger partial charge in [0.05, 0.1) is 23.5 Å². The number of halogens is 2. The van der Waals surface area contributed by atoms with Gasteiger partial charge in [-0.1, -0.05) is 6.92 Å². The fourth-order valence-electron chi connectivity index (χ4n) is 4.85. The Balaban J connectivity index is 1.77. The third kappa shape index (κ3) is 5.95. The van der Waals surface area contributed by atoms with E-state index in [0.717, 1.165) is 13.0 Å². The van der Waals surface area contributed by atoms with Crippen LogP contribution in [-0.2, 0) is 4.79 Å². The number of hydrogen-bond donors (Lipinski definition) is 2. The van der Waals surface area contributed by atoms with Gasteiger partial charge in [-0.15, -0.1) is 0 Å². The molecule has 9 heteroatoms. The lowest BCUT2D eigenvalue weighted by Crippen LogP contribution is -2.55. The lowest BCUT2D eigenvalue weighted by molar-refractivity contribution is -0.127. The number of likely N-dealkylation sites (tertiary alicyclic amines) is 1. The standard InChI is InChI=1S/C24H35F2N5O2/c1-5-28-21-19(23(25)26)6-7-20(22(21)27-4)31-13-15(2)12-17(14-31)29-24(33)16(3)30-10-8-18(32)9-11-30/h5-7,15-18,23,32H,4,8-14H2,1-3H3,(H,29,33)/b28-5-/t15-,16?,17+/m0/s1. The van der Waals surface area contributed by atoms with Crippen LogP contribution < -0.4 is 10.2 Å². The smallest absolute Gasteiger partial charge is 0.266 e. The molecule has 2 heterocycles. The van der Waals surface area contributed by atoms with Crippen LogP contribution in [0.2, 0.25) is 0 Å². The number of amides is 1. The normalized spacial score (nSPS) is 23.8. The predicted molar refractivity (Wildman–Crippen MR) is 129 cm³/mol. The van der Waals surface area contributed by atoms with Crippen LogP contribution >= 0.6 is 0 Å². The summed E-state index contributed by atoms with van der Waals surface area (Å²) >= 11 is 0. The molecule has 0 aromatic heterocycles. The minimum absolute atomic E-state index is 0.0307. The molecule has 2 fully saturated rings. The van der Waals surface area contributed by atoms with Crippen LogP contribution in [0.15, 0.2) is 22.1 Å². The van der Waals surface area contributed by atoms with Crippen molar-refractivity contribution in [1.82, 2.24) is 10.2 Å². The van der Waals surface area contributed by atoms with Gasteiger partial charge in [-0.25, -0.2) is 8.78 Å². The highest BCUT2D eigenvalue weighted by Gasteiger charge is 2.32. The first-order valence-corrected chi connectivity index (χ1v) is 11.6. The first kappa shape index (κ1) is 25.2. The molecule has 2 aliphatic heterocycles. The third-order valence-electron chi connectivity index (χ3n) is 6.59. The zero-order valence-electron chi connectivity index (χ0n) is 19.7. The van der Waals surface area contributed by atoms with Gasteiger partial charge in [0, 0.05) is 44.0 Å². The molecule has 2 N–H and O–H groups in total. The van der Waals surface area contributed by atoms with Gasteiger partial charge < -0.3 is 15.3 Å². The van der Waals surface area contributed by atoms with Crippen LogP contribution in [0.1, 0.15) is 52.0 Å². The van der Waals surface area contributed by atoms with E-state index in [0.29, 0.717) is 43.9 Å². The predicted octanol–water partition coefficient (Wildman–Crippen LogP) is 3.85. The van der Waals surface area contributed by atoms with Crippen molar-refractivity contribution in [2.75, 3.05) is 31.1 Å². The van der Waals surface area contributed by atoms with Crippen molar-refractivity contribution in [2.24, 2.45) is 15.9 Å². The van der Waals surface area contributed by atoms with E-state index in [1.807, 2.05) is 6.92 Å². The second kappa shape index (κ2) is 11.2. The first-order chi connectivity index (χ1) is 15.7. The maximum Gasteiger partial charge on any atom is 0.266 e. The third-order valence-corrected chi connectivity index (χ3v) is 6.59. The summed E-state index contributed by atoms with van der Waals surface area (Å²) in [5, 5.41) is 12.9. The number of carbonyl (C=O) groups is 1. The van der Waals surface area contributed by atoms with Gasteiger partial charge in [-0.3, -0.25) is 19.7 Å².